The van der Waals surface area contributed by atoms with E-state index in [2.05, 4.69) is 79.9 Å². The van der Waals surface area contributed by atoms with Crippen molar-refractivity contribution in [1.29, 1.82) is 0 Å². The van der Waals surface area contributed by atoms with Crippen molar-refractivity contribution in [3.05, 3.63) is 72.9 Å². The minimum absolute atomic E-state index is 0.119. The Bertz CT molecular complexity index is 762. The predicted molar refractivity (Wildman–Crippen MR) is 184 cm³/mol. The molecule has 0 spiro atoms. The third-order valence-corrected chi connectivity index (χ3v) is 7.17. The highest BCUT2D eigenvalue weighted by molar-refractivity contribution is 5.76. The molecule has 0 radical (unpaired) electrons. The Morgan fingerprint density at radius 2 is 1.07 bits per heavy atom. The van der Waals surface area contributed by atoms with Crippen molar-refractivity contribution in [2.24, 2.45) is 0 Å². The van der Waals surface area contributed by atoms with Crippen molar-refractivity contribution < 1.29 is 15.0 Å². The molecule has 240 valence electrons. The molecule has 4 heteroatoms. The van der Waals surface area contributed by atoms with Crippen LogP contribution < -0.4 is 5.32 Å². The quantitative estimate of drug-likeness (QED) is 0.0606. The van der Waals surface area contributed by atoms with Crippen LogP contribution in [0.2, 0.25) is 0 Å². The molecule has 0 rings (SSSR count). The summed E-state index contributed by atoms with van der Waals surface area (Å²) in [5.41, 5.74) is 0. The Labute approximate surface area is 259 Å². The lowest BCUT2D eigenvalue weighted by Crippen LogP contribution is -2.45. The first kappa shape index (κ1) is 39.8. The zero-order valence-corrected chi connectivity index (χ0v) is 27.2. The SMILES string of the molecule is CC/C=C\C/C=C\C/C=C\C/C=C\CCCCC(=O)NC(CO)C(O)/C=C/CC/C=C/CCCCCCCCCCC. The van der Waals surface area contributed by atoms with Gasteiger partial charge < -0.3 is 15.5 Å². The fourth-order valence-corrected chi connectivity index (χ4v) is 4.53. The van der Waals surface area contributed by atoms with Gasteiger partial charge in [-0.2, -0.15) is 0 Å². The number of rotatable bonds is 29. The molecular weight excluding hydrogens is 518 g/mol. The van der Waals surface area contributed by atoms with Crippen LogP contribution in [0.5, 0.6) is 0 Å². The summed E-state index contributed by atoms with van der Waals surface area (Å²) >= 11 is 0. The van der Waals surface area contributed by atoms with Gasteiger partial charge in [-0.25, -0.2) is 0 Å². The monoisotopic (exact) mass is 583 g/mol. The zero-order chi connectivity index (χ0) is 30.8. The summed E-state index contributed by atoms with van der Waals surface area (Å²) in [6.07, 6.45) is 46.9. The van der Waals surface area contributed by atoms with Crippen molar-refractivity contribution in [2.75, 3.05) is 6.61 Å². The van der Waals surface area contributed by atoms with E-state index < -0.39 is 12.1 Å². The molecule has 0 aliphatic rings. The van der Waals surface area contributed by atoms with Crippen LogP contribution in [0.15, 0.2) is 72.9 Å². The minimum atomic E-state index is -0.880. The van der Waals surface area contributed by atoms with Crippen molar-refractivity contribution in [3.63, 3.8) is 0 Å². The maximum Gasteiger partial charge on any atom is 0.220 e. The summed E-state index contributed by atoms with van der Waals surface area (Å²) in [5, 5.41) is 22.8. The first-order valence-corrected chi connectivity index (χ1v) is 17.2. The molecule has 2 unspecified atom stereocenters. The first-order chi connectivity index (χ1) is 20.7. The zero-order valence-electron chi connectivity index (χ0n) is 27.2. The smallest absolute Gasteiger partial charge is 0.220 e. The summed E-state index contributed by atoms with van der Waals surface area (Å²) in [4.78, 5) is 12.3. The number of allylic oxidation sites excluding steroid dienone is 11. The van der Waals surface area contributed by atoms with E-state index in [1.165, 1.54) is 57.8 Å². The number of unbranched alkanes of at least 4 members (excludes halogenated alkanes) is 12. The van der Waals surface area contributed by atoms with E-state index in [9.17, 15) is 15.0 Å². The summed E-state index contributed by atoms with van der Waals surface area (Å²) in [5.74, 6) is -0.119. The number of aliphatic hydroxyl groups excluding tert-OH is 2. The molecule has 0 aliphatic heterocycles. The normalized spacial score (nSPS) is 14.1. The lowest BCUT2D eigenvalue weighted by Gasteiger charge is -2.19. The van der Waals surface area contributed by atoms with Crippen LogP contribution in [0.25, 0.3) is 0 Å². The number of carbonyl (C=O) groups is 1. The maximum absolute atomic E-state index is 12.3. The van der Waals surface area contributed by atoms with Crippen LogP contribution in [-0.4, -0.2) is 34.9 Å². The lowest BCUT2D eigenvalue weighted by atomic mass is 10.1. The predicted octanol–water partition coefficient (Wildman–Crippen LogP) is 10.0. The molecule has 0 saturated carbocycles. The number of aliphatic hydroxyl groups is 2. The Morgan fingerprint density at radius 3 is 1.67 bits per heavy atom. The second kappa shape index (κ2) is 33.3. The van der Waals surface area contributed by atoms with Gasteiger partial charge in [0.2, 0.25) is 5.91 Å². The highest BCUT2D eigenvalue weighted by atomic mass is 16.3. The molecule has 0 fully saturated rings. The average Bonchev–Trinajstić information content (AvgIpc) is 2.99. The average molecular weight is 584 g/mol. The van der Waals surface area contributed by atoms with Crippen molar-refractivity contribution in [3.8, 4) is 0 Å². The molecule has 0 aromatic carbocycles. The standard InChI is InChI=1S/C38H65NO3/c1-3-5-7-9-11-13-15-17-19-21-23-25-27-29-31-33-37(41)36(35-40)39-38(42)34-32-30-28-26-24-22-20-18-16-14-12-10-8-6-4-2/h6,8,12,14,18,20,23-26,31,33,36-37,40-41H,3-5,7,9-11,13,15-17,19,21-22,27-30,32,34-35H2,1-2H3,(H,39,42)/b8-6-,14-12-,20-18-,25-23+,26-24-,33-31+. The van der Waals surface area contributed by atoms with E-state index in [1.54, 1.807) is 6.08 Å². The van der Waals surface area contributed by atoms with E-state index in [0.29, 0.717) is 6.42 Å². The molecule has 0 aromatic rings. The molecule has 4 nitrogen and oxygen atoms in total. The van der Waals surface area contributed by atoms with Crippen molar-refractivity contribution >= 4 is 5.91 Å². The molecule has 0 bridgehead atoms. The topological polar surface area (TPSA) is 69.6 Å². The number of amides is 1. The lowest BCUT2D eigenvalue weighted by molar-refractivity contribution is -0.123. The van der Waals surface area contributed by atoms with Crippen molar-refractivity contribution in [2.45, 2.75) is 154 Å². The summed E-state index contributed by atoms with van der Waals surface area (Å²) < 4.78 is 0. The second-order valence-electron chi connectivity index (χ2n) is 11.2. The molecule has 0 aliphatic carbocycles. The van der Waals surface area contributed by atoms with Gasteiger partial charge in [-0.1, -0.05) is 138 Å². The van der Waals surface area contributed by atoms with Gasteiger partial charge in [-0.05, 0) is 70.6 Å². The van der Waals surface area contributed by atoms with Crippen LogP contribution in [0.1, 0.15) is 142 Å². The summed E-state index contributed by atoms with van der Waals surface area (Å²) in [6.45, 7) is 4.13. The number of hydrogen-bond donors (Lipinski definition) is 3. The molecule has 0 aromatic heterocycles. The van der Waals surface area contributed by atoms with Crippen LogP contribution >= 0.6 is 0 Å². The van der Waals surface area contributed by atoms with Crippen LogP contribution in [-0.2, 0) is 4.79 Å². The number of carbonyl (C=O) groups excluding carboxylic acids is 1. The van der Waals surface area contributed by atoms with Gasteiger partial charge in [0, 0.05) is 6.42 Å². The first-order valence-electron chi connectivity index (χ1n) is 17.2. The van der Waals surface area contributed by atoms with Gasteiger partial charge in [0.25, 0.3) is 0 Å². The fourth-order valence-electron chi connectivity index (χ4n) is 4.53. The molecule has 0 heterocycles. The van der Waals surface area contributed by atoms with E-state index in [-0.39, 0.29) is 12.5 Å². The summed E-state index contributed by atoms with van der Waals surface area (Å²) in [6, 6.07) is -0.662. The van der Waals surface area contributed by atoms with Gasteiger partial charge in [-0.3, -0.25) is 4.79 Å². The number of nitrogens with one attached hydrogen (secondary N) is 1. The Balaban J connectivity index is 3.82. The third-order valence-electron chi connectivity index (χ3n) is 7.17. The molecular formula is C38H65NO3. The molecule has 0 saturated heterocycles. The van der Waals surface area contributed by atoms with E-state index >= 15 is 0 Å². The minimum Gasteiger partial charge on any atom is -0.394 e. The molecule has 1 amide bonds. The van der Waals surface area contributed by atoms with Crippen LogP contribution in [0, 0.1) is 0 Å². The van der Waals surface area contributed by atoms with E-state index in [0.717, 1.165) is 64.2 Å². The summed E-state index contributed by atoms with van der Waals surface area (Å²) in [7, 11) is 0. The largest absolute Gasteiger partial charge is 0.394 e. The van der Waals surface area contributed by atoms with Gasteiger partial charge in [0.15, 0.2) is 0 Å². The van der Waals surface area contributed by atoms with Crippen LogP contribution in [0.4, 0.5) is 0 Å². The van der Waals surface area contributed by atoms with Gasteiger partial charge in [0.1, 0.15) is 0 Å². The maximum atomic E-state index is 12.3. The Kier molecular flexibility index (Phi) is 31.6. The van der Waals surface area contributed by atoms with Crippen LogP contribution in [0.3, 0.4) is 0 Å². The fraction of sp³-hybridized carbons (Fsp3) is 0.658. The molecule has 3 N–H and O–H groups in total. The van der Waals surface area contributed by atoms with Crippen molar-refractivity contribution in [1.82, 2.24) is 5.32 Å². The molecule has 42 heavy (non-hydrogen) atoms. The molecule has 2 atom stereocenters. The van der Waals surface area contributed by atoms with Gasteiger partial charge >= 0.3 is 0 Å². The van der Waals surface area contributed by atoms with E-state index in [1.807, 2.05) is 6.08 Å². The number of hydrogen-bond acceptors (Lipinski definition) is 3. The highest BCUT2D eigenvalue weighted by Gasteiger charge is 2.17. The van der Waals surface area contributed by atoms with Gasteiger partial charge in [-0.15, -0.1) is 0 Å². The van der Waals surface area contributed by atoms with Gasteiger partial charge in [0.05, 0.1) is 18.8 Å². The van der Waals surface area contributed by atoms with E-state index in [4.69, 9.17) is 0 Å². The highest BCUT2D eigenvalue weighted by Crippen LogP contribution is 2.11. The Morgan fingerprint density at radius 1 is 0.595 bits per heavy atom. The Hall–Kier alpha value is -2.17. The second-order valence-corrected chi connectivity index (χ2v) is 11.2. The third kappa shape index (κ3) is 29.3.